The van der Waals surface area contributed by atoms with Gasteiger partial charge in [-0.3, -0.25) is 4.90 Å². The molecule has 7 nitrogen and oxygen atoms in total. The number of likely N-dealkylation sites (tertiary alicyclic amines) is 1. The van der Waals surface area contributed by atoms with Crippen LogP contribution in [0.1, 0.15) is 27.1 Å². The minimum Gasteiger partial charge on any atom is -0.478 e. The summed E-state index contributed by atoms with van der Waals surface area (Å²) in [4.78, 5) is 26.1. The van der Waals surface area contributed by atoms with Crippen molar-refractivity contribution in [2.24, 2.45) is 0 Å². The molecule has 1 aromatic heterocycles. The fourth-order valence-electron chi connectivity index (χ4n) is 2.32. The summed E-state index contributed by atoms with van der Waals surface area (Å²) in [6.45, 7) is 2.71. The topological polar surface area (TPSA) is 100.0 Å². The predicted molar refractivity (Wildman–Crippen MR) is 120 cm³/mol. The van der Waals surface area contributed by atoms with Gasteiger partial charge in [-0.15, -0.1) is 0 Å². The number of nitrogens with zero attached hydrogens (tertiary/aromatic N) is 2. The molecule has 0 radical (unpaired) electrons. The highest BCUT2D eigenvalue weighted by Gasteiger charge is 2.13. The molecule has 1 aliphatic heterocycles. The second kappa shape index (κ2) is 13.2. The van der Waals surface area contributed by atoms with Gasteiger partial charge in [0.2, 0.25) is 5.95 Å². The lowest BCUT2D eigenvalue weighted by Crippen LogP contribution is -2.39. The van der Waals surface area contributed by atoms with Crippen LogP contribution in [0.2, 0.25) is 0 Å². The summed E-state index contributed by atoms with van der Waals surface area (Å²) in [7, 11) is 0. The van der Waals surface area contributed by atoms with Gasteiger partial charge in [0, 0.05) is 19.2 Å². The van der Waals surface area contributed by atoms with Crippen LogP contribution in [0.3, 0.4) is 0 Å². The van der Waals surface area contributed by atoms with Crippen LogP contribution in [0.5, 0.6) is 5.75 Å². The first-order valence-electron chi connectivity index (χ1n) is 9.59. The first-order chi connectivity index (χ1) is 15.4. The molecular weight excluding hydrogens is 483 g/mol. The fourth-order valence-corrected chi connectivity index (χ4v) is 2.65. The largest absolute Gasteiger partial charge is 0.478 e. The molecule has 9 heteroatoms. The van der Waals surface area contributed by atoms with Crippen LogP contribution in [-0.4, -0.2) is 51.9 Å². The van der Waals surface area contributed by atoms with E-state index in [-0.39, 0.29) is 0 Å². The molecule has 2 aromatic carbocycles. The summed E-state index contributed by atoms with van der Waals surface area (Å²) in [6.07, 6.45) is 2.62. The van der Waals surface area contributed by atoms with Gasteiger partial charge in [0.15, 0.2) is 0 Å². The fraction of sp³-hybridized carbons (Fsp3) is 0.174. The first kappa shape index (κ1) is 25.0. The summed E-state index contributed by atoms with van der Waals surface area (Å²) in [5.41, 5.74) is 0.662. The molecule has 1 aliphatic rings. The van der Waals surface area contributed by atoms with Gasteiger partial charge in [0.25, 0.3) is 0 Å². The molecule has 1 fully saturated rings. The van der Waals surface area contributed by atoms with Crippen LogP contribution >= 0.6 is 15.9 Å². The van der Waals surface area contributed by atoms with Gasteiger partial charge in [-0.25, -0.2) is 14.6 Å². The lowest BCUT2D eigenvalue weighted by atomic mass is 10.2. The van der Waals surface area contributed by atoms with Crippen LogP contribution in [0.25, 0.3) is 0 Å². The molecule has 4 rings (SSSR count). The zero-order valence-corrected chi connectivity index (χ0v) is 18.6. The lowest BCUT2D eigenvalue weighted by molar-refractivity contribution is 0.0686. The molecule has 0 unspecified atom stereocenters. The van der Waals surface area contributed by atoms with Gasteiger partial charge in [-0.1, -0.05) is 36.4 Å². The van der Waals surface area contributed by atoms with E-state index in [2.05, 4.69) is 25.8 Å². The van der Waals surface area contributed by atoms with Crippen molar-refractivity contribution >= 4 is 27.9 Å². The maximum absolute atomic E-state index is 12.8. The minimum absolute atomic E-state index is 0.331. The standard InChI is InChI=1S/C9H10BrFN2O.2C7H6O2/c10-8-4-7(5-12-9(8)11)14-6-13-2-1-3-13;2*8-7(9)6-4-2-1-3-5-6/h4-5H,1-3,6H2;2*1-5H,(H,8,9). The zero-order valence-electron chi connectivity index (χ0n) is 17.0. The Morgan fingerprint density at radius 3 is 1.81 bits per heavy atom. The third-order valence-corrected chi connectivity index (χ3v) is 4.73. The number of hydrogen-bond acceptors (Lipinski definition) is 5. The van der Waals surface area contributed by atoms with E-state index >= 15 is 0 Å². The number of rotatable bonds is 5. The molecule has 0 spiro atoms. The van der Waals surface area contributed by atoms with Crippen LogP contribution in [0.4, 0.5) is 4.39 Å². The highest BCUT2D eigenvalue weighted by atomic mass is 79.9. The summed E-state index contributed by atoms with van der Waals surface area (Å²) < 4.78 is 18.5. The molecule has 0 aliphatic carbocycles. The van der Waals surface area contributed by atoms with Gasteiger partial charge in [-0.05, 0) is 46.6 Å². The molecule has 3 aromatic rings. The van der Waals surface area contributed by atoms with E-state index in [4.69, 9.17) is 14.9 Å². The van der Waals surface area contributed by atoms with Crippen molar-refractivity contribution in [2.45, 2.75) is 6.42 Å². The number of aromatic carboxylic acids is 2. The van der Waals surface area contributed by atoms with Crippen molar-refractivity contribution in [1.29, 1.82) is 0 Å². The molecule has 2 N–H and O–H groups in total. The van der Waals surface area contributed by atoms with E-state index in [0.29, 0.717) is 28.1 Å². The van der Waals surface area contributed by atoms with Crippen molar-refractivity contribution in [2.75, 3.05) is 19.8 Å². The van der Waals surface area contributed by atoms with E-state index in [1.807, 2.05) is 0 Å². The van der Waals surface area contributed by atoms with Gasteiger partial charge < -0.3 is 14.9 Å². The first-order valence-corrected chi connectivity index (χ1v) is 10.4. The van der Waals surface area contributed by atoms with Crippen LogP contribution < -0.4 is 4.74 Å². The zero-order chi connectivity index (χ0) is 23.3. The smallest absolute Gasteiger partial charge is 0.335 e. The van der Waals surface area contributed by atoms with E-state index in [1.165, 1.54) is 12.6 Å². The second-order valence-corrected chi connectivity index (χ2v) is 7.39. The van der Waals surface area contributed by atoms with Gasteiger partial charge in [0.05, 0.1) is 21.8 Å². The van der Waals surface area contributed by atoms with Crippen LogP contribution in [-0.2, 0) is 0 Å². The molecule has 2 heterocycles. The Morgan fingerprint density at radius 2 is 1.47 bits per heavy atom. The van der Waals surface area contributed by atoms with Gasteiger partial charge >= 0.3 is 11.9 Å². The van der Waals surface area contributed by atoms with Crippen molar-refractivity contribution in [3.8, 4) is 5.75 Å². The quantitative estimate of drug-likeness (QED) is 0.481. The summed E-state index contributed by atoms with van der Waals surface area (Å²) in [5, 5.41) is 16.8. The number of ether oxygens (including phenoxy) is 1. The number of carbonyl (C=O) groups is 2. The molecular formula is C23H22BrFN2O5. The Balaban J connectivity index is 0.000000178. The van der Waals surface area contributed by atoms with Crippen molar-refractivity contribution in [3.63, 3.8) is 0 Å². The third-order valence-electron chi connectivity index (χ3n) is 4.18. The molecule has 32 heavy (non-hydrogen) atoms. The molecule has 0 bridgehead atoms. The Bertz CT molecular complexity index is 952. The molecule has 0 saturated carbocycles. The molecule has 1 saturated heterocycles. The van der Waals surface area contributed by atoms with E-state index < -0.39 is 17.9 Å². The highest BCUT2D eigenvalue weighted by molar-refractivity contribution is 9.10. The molecule has 168 valence electrons. The maximum Gasteiger partial charge on any atom is 0.335 e. The van der Waals surface area contributed by atoms with E-state index in [9.17, 15) is 14.0 Å². The van der Waals surface area contributed by atoms with Crippen molar-refractivity contribution in [1.82, 2.24) is 9.88 Å². The Morgan fingerprint density at radius 1 is 0.969 bits per heavy atom. The number of halogens is 2. The summed E-state index contributed by atoms with van der Waals surface area (Å²) >= 11 is 3.05. The SMILES string of the molecule is Fc1ncc(OCN2CCC2)cc1Br.O=C(O)c1ccccc1.O=C(O)c1ccccc1. The second-order valence-electron chi connectivity index (χ2n) is 6.53. The number of carboxylic acids is 2. The van der Waals surface area contributed by atoms with Gasteiger partial charge in [0.1, 0.15) is 12.5 Å². The summed E-state index contributed by atoms with van der Waals surface area (Å²) in [6, 6.07) is 18.2. The third kappa shape index (κ3) is 8.83. The van der Waals surface area contributed by atoms with Crippen LogP contribution in [0.15, 0.2) is 77.4 Å². The number of benzene rings is 2. The van der Waals surface area contributed by atoms with E-state index in [0.717, 1.165) is 13.1 Å². The van der Waals surface area contributed by atoms with Crippen molar-refractivity contribution < 1.29 is 28.9 Å². The minimum atomic E-state index is -0.879. The predicted octanol–water partition coefficient (Wildman–Crippen LogP) is 4.79. The van der Waals surface area contributed by atoms with E-state index in [1.54, 1.807) is 66.7 Å². The summed E-state index contributed by atoms with van der Waals surface area (Å²) in [5.74, 6) is -1.68. The Kier molecular flexibility index (Phi) is 10.3. The monoisotopic (exact) mass is 504 g/mol. The Labute approximate surface area is 193 Å². The van der Waals surface area contributed by atoms with Gasteiger partial charge in [-0.2, -0.15) is 4.39 Å². The highest BCUT2D eigenvalue weighted by Crippen LogP contribution is 2.20. The molecule has 0 amide bonds. The number of carboxylic acid groups (broad SMARTS) is 2. The Hall–Kier alpha value is -3.30. The van der Waals surface area contributed by atoms with Crippen LogP contribution in [0, 0.1) is 5.95 Å². The normalized spacial score (nSPS) is 12.2. The average Bonchev–Trinajstić information content (AvgIpc) is 2.77. The average molecular weight is 505 g/mol. The lowest BCUT2D eigenvalue weighted by Gasteiger charge is -2.30. The number of pyridine rings is 1. The molecule has 0 atom stereocenters. The number of hydrogen-bond donors (Lipinski definition) is 2. The number of aromatic nitrogens is 1. The maximum atomic E-state index is 12.8. The van der Waals surface area contributed by atoms with Crippen molar-refractivity contribution in [3.05, 3.63) is 94.5 Å².